The van der Waals surface area contributed by atoms with Gasteiger partial charge in [-0.3, -0.25) is 0 Å². The van der Waals surface area contributed by atoms with Crippen LogP contribution in [0, 0.1) is 0 Å². The van der Waals surface area contributed by atoms with Gasteiger partial charge in [-0.15, -0.1) is 0 Å². The molecule has 0 bridgehead atoms. The van der Waals surface area contributed by atoms with E-state index >= 15 is 0 Å². The van der Waals surface area contributed by atoms with Crippen LogP contribution in [0.1, 0.15) is 44.9 Å². The molecule has 0 aromatic carbocycles. The van der Waals surface area contributed by atoms with Gasteiger partial charge >= 0.3 is 0 Å². The first-order valence-corrected chi connectivity index (χ1v) is 7.49. The highest BCUT2D eigenvalue weighted by atomic mass is 16.7. The van der Waals surface area contributed by atoms with Crippen LogP contribution in [0.15, 0.2) is 0 Å². The zero-order valence-corrected chi connectivity index (χ0v) is 11.2. The standard InChI is InChI=1S/C14H25NO3/c1-2-13(16-9-1)5-8-15-12-3-6-14(7-4-12)17-10-11-18-14/h12-13,15H,1-11H2. The summed E-state index contributed by atoms with van der Waals surface area (Å²) in [7, 11) is 0. The van der Waals surface area contributed by atoms with Gasteiger partial charge in [0.25, 0.3) is 0 Å². The van der Waals surface area contributed by atoms with Gasteiger partial charge in [0.15, 0.2) is 5.79 Å². The van der Waals surface area contributed by atoms with E-state index in [1.165, 1.54) is 25.7 Å². The van der Waals surface area contributed by atoms with E-state index in [-0.39, 0.29) is 5.79 Å². The highest BCUT2D eigenvalue weighted by molar-refractivity contribution is 4.85. The van der Waals surface area contributed by atoms with Crippen LogP contribution in [0.25, 0.3) is 0 Å². The Labute approximate surface area is 109 Å². The molecule has 1 spiro atoms. The molecule has 104 valence electrons. The molecule has 2 saturated heterocycles. The molecule has 1 atom stereocenters. The van der Waals surface area contributed by atoms with Crippen molar-refractivity contribution < 1.29 is 14.2 Å². The van der Waals surface area contributed by atoms with Crippen LogP contribution in [0.5, 0.6) is 0 Å². The van der Waals surface area contributed by atoms with Crippen LogP contribution < -0.4 is 5.32 Å². The molecule has 0 aromatic heterocycles. The number of hydrogen-bond donors (Lipinski definition) is 1. The molecule has 2 heterocycles. The second-order valence-electron chi connectivity index (χ2n) is 5.76. The van der Waals surface area contributed by atoms with Gasteiger partial charge in [-0.1, -0.05) is 0 Å². The summed E-state index contributed by atoms with van der Waals surface area (Å²) in [4.78, 5) is 0. The van der Waals surface area contributed by atoms with Crippen molar-refractivity contribution in [3.8, 4) is 0 Å². The zero-order chi connectivity index (χ0) is 12.3. The van der Waals surface area contributed by atoms with Crippen LogP contribution in [-0.4, -0.2) is 44.3 Å². The van der Waals surface area contributed by atoms with Crippen molar-refractivity contribution in [1.29, 1.82) is 0 Å². The van der Waals surface area contributed by atoms with Crippen LogP contribution in [-0.2, 0) is 14.2 Å². The van der Waals surface area contributed by atoms with Crippen molar-refractivity contribution in [1.82, 2.24) is 5.32 Å². The van der Waals surface area contributed by atoms with Gasteiger partial charge in [-0.05, 0) is 38.6 Å². The van der Waals surface area contributed by atoms with Crippen LogP contribution in [0.4, 0.5) is 0 Å². The molecule has 4 heteroatoms. The minimum atomic E-state index is -0.216. The van der Waals surface area contributed by atoms with Crippen LogP contribution >= 0.6 is 0 Å². The monoisotopic (exact) mass is 255 g/mol. The Bertz CT molecular complexity index is 250. The smallest absolute Gasteiger partial charge is 0.168 e. The fourth-order valence-corrected chi connectivity index (χ4v) is 3.37. The summed E-state index contributed by atoms with van der Waals surface area (Å²) in [5, 5.41) is 3.66. The fraction of sp³-hybridized carbons (Fsp3) is 1.00. The molecule has 0 radical (unpaired) electrons. The van der Waals surface area contributed by atoms with Crippen molar-refractivity contribution >= 4 is 0 Å². The number of hydrogen-bond acceptors (Lipinski definition) is 4. The molecule has 0 aromatic rings. The second kappa shape index (κ2) is 5.87. The summed E-state index contributed by atoms with van der Waals surface area (Å²) >= 11 is 0. The molecule has 1 saturated carbocycles. The molecule has 4 nitrogen and oxygen atoms in total. The topological polar surface area (TPSA) is 39.7 Å². The normalized spacial score (nSPS) is 32.3. The maximum atomic E-state index is 5.75. The molecule has 0 amide bonds. The molecule has 2 aliphatic heterocycles. The first-order chi connectivity index (χ1) is 8.86. The number of nitrogens with one attached hydrogen (secondary N) is 1. The summed E-state index contributed by atoms with van der Waals surface area (Å²) in [6.45, 7) is 3.60. The van der Waals surface area contributed by atoms with Gasteiger partial charge < -0.3 is 19.5 Å². The minimum absolute atomic E-state index is 0.216. The summed E-state index contributed by atoms with van der Waals surface area (Å²) < 4.78 is 17.1. The van der Waals surface area contributed by atoms with E-state index in [0.29, 0.717) is 12.1 Å². The average molecular weight is 255 g/mol. The SMILES string of the molecule is C1COC(CCNC2CCC3(CC2)OCCO3)C1. The molecule has 1 unspecified atom stereocenters. The highest BCUT2D eigenvalue weighted by Gasteiger charge is 2.40. The fourth-order valence-electron chi connectivity index (χ4n) is 3.37. The van der Waals surface area contributed by atoms with E-state index in [0.717, 1.165) is 45.6 Å². The van der Waals surface area contributed by atoms with Gasteiger partial charge in [0.2, 0.25) is 0 Å². The third-order valence-corrected chi connectivity index (χ3v) is 4.48. The average Bonchev–Trinajstić information content (AvgIpc) is 3.04. The lowest BCUT2D eigenvalue weighted by Gasteiger charge is -2.35. The zero-order valence-electron chi connectivity index (χ0n) is 11.2. The summed E-state index contributed by atoms with van der Waals surface area (Å²) in [6, 6.07) is 0.643. The highest BCUT2D eigenvalue weighted by Crippen LogP contribution is 2.35. The van der Waals surface area contributed by atoms with E-state index in [1.54, 1.807) is 0 Å². The maximum Gasteiger partial charge on any atom is 0.168 e. The molecule has 3 fully saturated rings. The van der Waals surface area contributed by atoms with E-state index < -0.39 is 0 Å². The third-order valence-electron chi connectivity index (χ3n) is 4.48. The van der Waals surface area contributed by atoms with Crippen molar-refractivity contribution in [3.05, 3.63) is 0 Å². The Morgan fingerprint density at radius 3 is 2.44 bits per heavy atom. The van der Waals surface area contributed by atoms with Crippen LogP contribution in [0.3, 0.4) is 0 Å². The predicted octanol–water partition coefficient (Wildman–Crippen LogP) is 1.83. The Kier molecular flexibility index (Phi) is 4.19. The third kappa shape index (κ3) is 3.05. The molecule has 18 heavy (non-hydrogen) atoms. The molecular formula is C14H25NO3. The molecular weight excluding hydrogens is 230 g/mol. The summed E-state index contributed by atoms with van der Waals surface area (Å²) in [6.07, 6.45) is 8.59. The Morgan fingerprint density at radius 1 is 1.00 bits per heavy atom. The predicted molar refractivity (Wildman–Crippen MR) is 68.5 cm³/mol. The van der Waals surface area contributed by atoms with Crippen molar-refractivity contribution in [3.63, 3.8) is 0 Å². The first-order valence-electron chi connectivity index (χ1n) is 7.49. The summed E-state index contributed by atoms with van der Waals surface area (Å²) in [5.41, 5.74) is 0. The van der Waals surface area contributed by atoms with Crippen LogP contribution in [0.2, 0.25) is 0 Å². The van der Waals surface area contributed by atoms with E-state index in [1.807, 2.05) is 0 Å². The largest absolute Gasteiger partial charge is 0.378 e. The molecule has 3 rings (SSSR count). The van der Waals surface area contributed by atoms with Gasteiger partial charge in [-0.25, -0.2) is 0 Å². The Balaban J connectivity index is 1.32. The quantitative estimate of drug-likeness (QED) is 0.832. The van der Waals surface area contributed by atoms with E-state index in [2.05, 4.69) is 5.32 Å². The van der Waals surface area contributed by atoms with Crippen molar-refractivity contribution in [2.24, 2.45) is 0 Å². The first kappa shape index (κ1) is 12.9. The molecule has 3 aliphatic rings. The van der Waals surface area contributed by atoms with Gasteiger partial charge in [0.05, 0.1) is 19.3 Å². The van der Waals surface area contributed by atoms with E-state index in [4.69, 9.17) is 14.2 Å². The Hall–Kier alpha value is -0.160. The van der Waals surface area contributed by atoms with Gasteiger partial charge in [-0.2, -0.15) is 0 Å². The number of rotatable bonds is 4. The summed E-state index contributed by atoms with van der Waals surface area (Å²) in [5.74, 6) is -0.216. The number of ether oxygens (including phenoxy) is 3. The molecule has 1 N–H and O–H groups in total. The van der Waals surface area contributed by atoms with Crippen molar-refractivity contribution in [2.45, 2.75) is 62.9 Å². The maximum absolute atomic E-state index is 5.75. The lowest BCUT2D eigenvalue weighted by atomic mass is 9.90. The van der Waals surface area contributed by atoms with Crippen molar-refractivity contribution in [2.75, 3.05) is 26.4 Å². The lowest BCUT2D eigenvalue weighted by molar-refractivity contribution is -0.179. The van der Waals surface area contributed by atoms with Gasteiger partial charge in [0.1, 0.15) is 0 Å². The van der Waals surface area contributed by atoms with Gasteiger partial charge in [0, 0.05) is 25.5 Å². The molecule has 1 aliphatic carbocycles. The second-order valence-corrected chi connectivity index (χ2v) is 5.76. The van der Waals surface area contributed by atoms with E-state index in [9.17, 15) is 0 Å². The lowest BCUT2D eigenvalue weighted by Crippen LogP contribution is -2.42. The minimum Gasteiger partial charge on any atom is -0.378 e. The Morgan fingerprint density at radius 2 is 1.78 bits per heavy atom.